The molecule has 0 aliphatic heterocycles. The van der Waals surface area contributed by atoms with Gasteiger partial charge in [0.05, 0.1) is 7.11 Å². The minimum absolute atomic E-state index is 0.132. The smallest absolute Gasteiger partial charge is 0.342 e. The first-order chi connectivity index (χ1) is 14.5. The van der Waals surface area contributed by atoms with E-state index < -0.39 is 5.97 Å². The lowest BCUT2D eigenvalue weighted by Gasteiger charge is -2.13. The number of nitrogens with zero attached hydrogens (tertiary/aromatic N) is 1. The van der Waals surface area contributed by atoms with Crippen molar-refractivity contribution in [3.8, 4) is 5.75 Å². The summed E-state index contributed by atoms with van der Waals surface area (Å²) in [5, 5.41) is 11.5. The van der Waals surface area contributed by atoms with Crippen molar-refractivity contribution in [3.63, 3.8) is 0 Å². The maximum atomic E-state index is 13.2. The van der Waals surface area contributed by atoms with E-state index in [9.17, 15) is 14.3 Å². The largest absolute Gasteiger partial charge is 0.505 e. The summed E-state index contributed by atoms with van der Waals surface area (Å²) in [6.07, 6.45) is 2.71. The number of phenols is 1. The van der Waals surface area contributed by atoms with Crippen LogP contribution in [0, 0.1) is 5.82 Å². The quantitative estimate of drug-likeness (QED) is 0.476. The zero-order chi connectivity index (χ0) is 21.1. The number of aromatic nitrogens is 1. The molecule has 0 aliphatic rings. The van der Waals surface area contributed by atoms with Crippen LogP contribution in [0.2, 0.25) is 0 Å². The van der Waals surface area contributed by atoms with Gasteiger partial charge in [-0.2, -0.15) is 0 Å². The Morgan fingerprint density at radius 1 is 0.967 bits per heavy atom. The molecule has 0 radical (unpaired) electrons. The van der Waals surface area contributed by atoms with Crippen LogP contribution in [0.3, 0.4) is 0 Å². The molecule has 1 heterocycles. The number of phenolic OH excluding ortho intramolecular Hbond substituents is 1. The van der Waals surface area contributed by atoms with Crippen LogP contribution in [0.25, 0.3) is 10.9 Å². The SMILES string of the molecule is COC(=O)c1c(Cc2ccccc2)cc2cc(Cc3ccc(F)cc3)cnc2c1O. The van der Waals surface area contributed by atoms with E-state index in [0.717, 1.165) is 22.1 Å². The van der Waals surface area contributed by atoms with Crippen molar-refractivity contribution < 1.29 is 19.0 Å². The van der Waals surface area contributed by atoms with E-state index in [1.54, 1.807) is 18.3 Å². The molecular formula is C25H20FNO3. The lowest BCUT2D eigenvalue weighted by molar-refractivity contribution is 0.0596. The molecule has 0 aliphatic carbocycles. The third-order valence-corrected chi connectivity index (χ3v) is 5.03. The van der Waals surface area contributed by atoms with Crippen LogP contribution in [0.5, 0.6) is 5.75 Å². The average molecular weight is 401 g/mol. The topological polar surface area (TPSA) is 59.4 Å². The molecule has 150 valence electrons. The molecule has 0 saturated heterocycles. The molecular weight excluding hydrogens is 381 g/mol. The van der Waals surface area contributed by atoms with E-state index in [0.29, 0.717) is 23.9 Å². The van der Waals surface area contributed by atoms with E-state index in [2.05, 4.69) is 4.98 Å². The molecule has 1 aromatic heterocycles. The summed E-state index contributed by atoms with van der Waals surface area (Å²) in [6, 6.07) is 19.8. The van der Waals surface area contributed by atoms with Crippen molar-refractivity contribution in [1.82, 2.24) is 4.98 Å². The van der Waals surface area contributed by atoms with Gasteiger partial charge in [-0.1, -0.05) is 42.5 Å². The molecule has 0 saturated carbocycles. The van der Waals surface area contributed by atoms with Gasteiger partial charge in [-0.25, -0.2) is 9.18 Å². The number of carbonyl (C=O) groups excluding carboxylic acids is 1. The minimum Gasteiger partial charge on any atom is -0.505 e. The lowest BCUT2D eigenvalue weighted by atomic mass is 9.95. The Balaban J connectivity index is 1.79. The lowest BCUT2D eigenvalue weighted by Crippen LogP contribution is -2.08. The molecule has 1 N–H and O–H groups in total. The molecule has 4 aromatic rings. The van der Waals surface area contributed by atoms with Gasteiger partial charge in [-0.3, -0.25) is 4.98 Å². The number of halogens is 1. The molecule has 4 nitrogen and oxygen atoms in total. The fourth-order valence-electron chi connectivity index (χ4n) is 3.59. The monoisotopic (exact) mass is 401 g/mol. The third kappa shape index (κ3) is 4.01. The summed E-state index contributed by atoms with van der Waals surface area (Å²) in [6.45, 7) is 0. The predicted molar refractivity (Wildman–Crippen MR) is 113 cm³/mol. The van der Waals surface area contributed by atoms with Gasteiger partial charge in [0.2, 0.25) is 0 Å². The van der Waals surface area contributed by atoms with E-state index >= 15 is 0 Å². The van der Waals surface area contributed by atoms with E-state index in [4.69, 9.17) is 4.74 Å². The Hall–Kier alpha value is -3.73. The van der Waals surface area contributed by atoms with Crippen molar-refractivity contribution in [1.29, 1.82) is 0 Å². The van der Waals surface area contributed by atoms with Gasteiger partial charge >= 0.3 is 5.97 Å². The Morgan fingerprint density at radius 2 is 1.67 bits per heavy atom. The van der Waals surface area contributed by atoms with Gasteiger partial charge in [0, 0.05) is 11.6 Å². The third-order valence-electron chi connectivity index (χ3n) is 5.03. The second kappa shape index (κ2) is 8.33. The maximum absolute atomic E-state index is 13.2. The molecule has 0 spiro atoms. The number of rotatable bonds is 5. The van der Waals surface area contributed by atoms with Gasteiger partial charge in [-0.05, 0) is 59.4 Å². The van der Waals surface area contributed by atoms with Crippen molar-refractivity contribution in [3.05, 3.63) is 107 Å². The first-order valence-corrected chi connectivity index (χ1v) is 9.55. The Labute approximate surface area is 173 Å². The predicted octanol–water partition coefficient (Wildman–Crippen LogP) is 5.05. The molecule has 3 aromatic carbocycles. The standard InChI is InChI=1S/C25H20FNO3/c1-30-25(29)22-19(12-16-5-3-2-4-6-16)14-20-13-18(15-27-23(20)24(22)28)11-17-7-9-21(26)10-8-17/h2-10,13-15,28H,11-12H2,1H3. The number of hydrogen-bond acceptors (Lipinski definition) is 4. The summed E-state index contributed by atoms with van der Waals surface area (Å²) < 4.78 is 18.1. The Morgan fingerprint density at radius 3 is 2.37 bits per heavy atom. The molecule has 0 fully saturated rings. The maximum Gasteiger partial charge on any atom is 0.342 e. The highest BCUT2D eigenvalue weighted by atomic mass is 19.1. The van der Waals surface area contributed by atoms with E-state index in [1.807, 2.05) is 42.5 Å². The fourth-order valence-corrected chi connectivity index (χ4v) is 3.59. The number of aromatic hydroxyl groups is 1. The summed E-state index contributed by atoms with van der Waals surface area (Å²) in [5.74, 6) is -1.06. The molecule has 0 amide bonds. The van der Waals surface area contributed by atoms with Crippen LogP contribution in [0.15, 0.2) is 72.9 Å². The molecule has 0 bridgehead atoms. The molecule has 5 heteroatoms. The second-order valence-electron chi connectivity index (χ2n) is 7.13. The van der Waals surface area contributed by atoms with Crippen LogP contribution in [0.4, 0.5) is 4.39 Å². The fraction of sp³-hybridized carbons (Fsp3) is 0.120. The number of pyridine rings is 1. The normalized spacial score (nSPS) is 10.9. The van der Waals surface area contributed by atoms with Gasteiger partial charge < -0.3 is 9.84 Å². The number of carbonyl (C=O) groups is 1. The van der Waals surface area contributed by atoms with Crippen molar-refractivity contribution in [2.75, 3.05) is 7.11 Å². The highest BCUT2D eigenvalue weighted by molar-refractivity contribution is 6.01. The van der Waals surface area contributed by atoms with E-state index in [-0.39, 0.29) is 17.1 Å². The summed E-state index contributed by atoms with van der Waals surface area (Å²) in [7, 11) is 1.29. The highest BCUT2D eigenvalue weighted by Crippen LogP contribution is 2.33. The van der Waals surface area contributed by atoms with Gasteiger partial charge in [0.25, 0.3) is 0 Å². The minimum atomic E-state index is -0.600. The number of methoxy groups -OCH3 is 1. The zero-order valence-corrected chi connectivity index (χ0v) is 16.4. The first-order valence-electron chi connectivity index (χ1n) is 9.55. The Kier molecular flexibility index (Phi) is 5.44. The van der Waals surface area contributed by atoms with Gasteiger partial charge in [-0.15, -0.1) is 0 Å². The van der Waals surface area contributed by atoms with Gasteiger partial charge in [0.15, 0.2) is 5.75 Å². The summed E-state index contributed by atoms with van der Waals surface area (Å²) >= 11 is 0. The summed E-state index contributed by atoms with van der Waals surface area (Å²) in [4.78, 5) is 16.8. The van der Waals surface area contributed by atoms with Crippen LogP contribution in [-0.4, -0.2) is 23.2 Å². The molecule has 0 unspecified atom stereocenters. The number of benzene rings is 3. The molecule has 0 atom stereocenters. The molecule has 4 rings (SSSR count). The highest BCUT2D eigenvalue weighted by Gasteiger charge is 2.21. The number of ether oxygens (including phenoxy) is 1. The molecule has 30 heavy (non-hydrogen) atoms. The zero-order valence-electron chi connectivity index (χ0n) is 16.4. The van der Waals surface area contributed by atoms with Crippen molar-refractivity contribution in [2.24, 2.45) is 0 Å². The van der Waals surface area contributed by atoms with Crippen LogP contribution in [0.1, 0.15) is 32.6 Å². The average Bonchev–Trinajstić information content (AvgIpc) is 2.76. The van der Waals surface area contributed by atoms with Crippen molar-refractivity contribution in [2.45, 2.75) is 12.8 Å². The van der Waals surface area contributed by atoms with Gasteiger partial charge in [0.1, 0.15) is 16.9 Å². The van der Waals surface area contributed by atoms with Crippen LogP contribution < -0.4 is 0 Å². The number of esters is 1. The first kappa shape index (κ1) is 19.6. The van der Waals surface area contributed by atoms with Crippen LogP contribution >= 0.6 is 0 Å². The number of fused-ring (bicyclic) bond motifs is 1. The summed E-state index contributed by atoms with van der Waals surface area (Å²) in [5.41, 5.74) is 4.03. The Bertz CT molecular complexity index is 1200. The second-order valence-corrected chi connectivity index (χ2v) is 7.13. The van der Waals surface area contributed by atoms with Crippen molar-refractivity contribution >= 4 is 16.9 Å². The van der Waals surface area contributed by atoms with E-state index in [1.165, 1.54) is 19.2 Å². The number of hydrogen-bond donors (Lipinski definition) is 1. The van der Waals surface area contributed by atoms with Crippen LogP contribution in [-0.2, 0) is 17.6 Å².